The standard InChI is InChI=1S/C21H28N2O.C16H18ClN.C16H16O3/c1-4-5-16-20(17(2)3)21(24)23(19-14-10-7-11-15-19)22-18-12-8-6-9-13-18;1-11(2)13-7-4-5-9-16(13)18-15-10-6-8-14(17)12(15)3;1-11(2)12-7-4-6-10-15(12)19-16(18)13-8-3-5-9-14(13)17/h6-15,17,20,22H,4-5,16H2,1-3H3;4-11,18H,1-3H3;3-11,17H,1-2H3. The van der Waals surface area contributed by atoms with E-state index in [1.54, 1.807) is 23.2 Å². The zero-order valence-corrected chi connectivity index (χ0v) is 37.6. The van der Waals surface area contributed by atoms with Crippen molar-refractivity contribution in [3.8, 4) is 11.5 Å². The third-order valence-corrected chi connectivity index (χ3v) is 10.6. The first kappa shape index (κ1) is 47.6. The lowest BCUT2D eigenvalue weighted by molar-refractivity contribution is -0.123. The van der Waals surface area contributed by atoms with Gasteiger partial charge in [0.15, 0.2) is 0 Å². The number of esters is 1. The van der Waals surface area contributed by atoms with E-state index >= 15 is 0 Å². The molecule has 0 aliphatic rings. The number of halogens is 1. The van der Waals surface area contributed by atoms with Crippen LogP contribution < -0.4 is 20.5 Å². The van der Waals surface area contributed by atoms with E-state index in [4.69, 9.17) is 16.3 Å². The summed E-state index contributed by atoms with van der Waals surface area (Å²) in [4.78, 5) is 25.3. The topological polar surface area (TPSA) is 90.9 Å². The molecule has 1 unspecified atom stereocenters. The Kier molecular flexibility index (Phi) is 18.9. The van der Waals surface area contributed by atoms with E-state index in [0.29, 0.717) is 17.6 Å². The minimum Gasteiger partial charge on any atom is -0.507 e. The van der Waals surface area contributed by atoms with Gasteiger partial charge in [0.05, 0.1) is 11.4 Å². The molecule has 6 aromatic carbocycles. The van der Waals surface area contributed by atoms with Crippen LogP contribution in [0.5, 0.6) is 11.5 Å². The number of hydrogen-bond acceptors (Lipinski definition) is 6. The smallest absolute Gasteiger partial charge is 0.347 e. The summed E-state index contributed by atoms with van der Waals surface area (Å²) in [5.74, 6) is 1.12. The van der Waals surface area contributed by atoms with Gasteiger partial charge in [0.1, 0.15) is 17.1 Å². The van der Waals surface area contributed by atoms with Crippen LogP contribution in [-0.2, 0) is 4.79 Å². The minimum atomic E-state index is -0.550. The second-order valence-electron chi connectivity index (χ2n) is 15.9. The highest BCUT2D eigenvalue weighted by Crippen LogP contribution is 2.31. The molecule has 6 aromatic rings. The van der Waals surface area contributed by atoms with Crippen molar-refractivity contribution in [2.75, 3.05) is 15.8 Å². The maximum absolute atomic E-state index is 13.3. The summed E-state index contributed by atoms with van der Waals surface area (Å²) in [7, 11) is 0. The molecule has 7 nitrogen and oxygen atoms in total. The zero-order valence-electron chi connectivity index (χ0n) is 36.9. The van der Waals surface area contributed by atoms with Crippen LogP contribution in [0, 0.1) is 18.8 Å². The molecule has 61 heavy (non-hydrogen) atoms. The Morgan fingerprint density at radius 1 is 0.672 bits per heavy atom. The minimum absolute atomic E-state index is 0.0152. The Labute approximate surface area is 368 Å². The van der Waals surface area contributed by atoms with Crippen molar-refractivity contribution in [2.24, 2.45) is 11.8 Å². The summed E-state index contributed by atoms with van der Waals surface area (Å²) < 4.78 is 5.37. The Hall–Kier alpha value is -6.05. The van der Waals surface area contributed by atoms with E-state index in [0.717, 1.165) is 58.2 Å². The van der Waals surface area contributed by atoms with Crippen LogP contribution in [0.3, 0.4) is 0 Å². The molecule has 0 heterocycles. The lowest BCUT2D eigenvalue weighted by atomic mass is 9.89. The second kappa shape index (κ2) is 24.3. The third-order valence-electron chi connectivity index (χ3n) is 10.2. The second-order valence-corrected chi connectivity index (χ2v) is 16.3. The fourth-order valence-corrected chi connectivity index (χ4v) is 6.83. The summed E-state index contributed by atoms with van der Waals surface area (Å²) in [6.07, 6.45) is 3.10. The molecule has 3 N–H and O–H groups in total. The number of nitrogens with zero attached hydrogens (tertiary/aromatic N) is 1. The largest absolute Gasteiger partial charge is 0.507 e. The molecule has 8 heteroatoms. The molecular weight excluding hydrogens is 778 g/mol. The lowest BCUT2D eigenvalue weighted by Gasteiger charge is -2.30. The highest BCUT2D eigenvalue weighted by molar-refractivity contribution is 6.31. The van der Waals surface area contributed by atoms with Crippen molar-refractivity contribution in [1.29, 1.82) is 0 Å². The first-order chi connectivity index (χ1) is 29.3. The van der Waals surface area contributed by atoms with Gasteiger partial charge in [-0.05, 0) is 108 Å². The van der Waals surface area contributed by atoms with Gasteiger partial charge in [0, 0.05) is 22.3 Å². The Bertz CT molecular complexity index is 2260. The summed E-state index contributed by atoms with van der Waals surface area (Å²) in [6, 6.07) is 47.7. The maximum Gasteiger partial charge on any atom is 0.347 e. The number of aromatic hydroxyl groups is 1. The van der Waals surface area contributed by atoms with Gasteiger partial charge in [0.25, 0.3) is 0 Å². The first-order valence-corrected chi connectivity index (χ1v) is 21.6. The zero-order chi connectivity index (χ0) is 44.3. The van der Waals surface area contributed by atoms with Crippen molar-refractivity contribution in [2.45, 2.75) is 86.5 Å². The average molecular weight is 841 g/mol. The normalized spacial score (nSPS) is 11.1. The molecule has 0 saturated heterocycles. The van der Waals surface area contributed by atoms with Gasteiger partial charge < -0.3 is 15.2 Å². The van der Waals surface area contributed by atoms with Crippen molar-refractivity contribution >= 4 is 46.2 Å². The highest BCUT2D eigenvalue weighted by atomic mass is 35.5. The SMILES string of the molecule is CC(C)c1ccccc1OC(=O)c1ccccc1O.CCCCC(C(=O)N(Nc1ccccc1)c1ccccc1)C(C)C.Cc1c(Cl)cccc1Nc1ccccc1C(C)C. The molecule has 6 rings (SSSR count). The van der Waals surface area contributed by atoms with E-state index in [9.17, 15) is 14.7 Å². The van der Waals surface area contributed by atoms with Gasteiger partial charge in [-0.15, -0.1) is 0 Å². The number of phenolic OH excluding ortho intramolecular Hbond substituents is 1. The predicted octanol–water partition coefficient (Wildman–Crippen LogP) is 14.8. The monoisotopic (exact) mass is 839 g/mol. The molecule has 320 valence electrons. The average Bonchev–Trinajstić information content (AvgIpc) is 3.26. The van der Waals surface area contributed by atoms with E-state index < -0.39 is 5.97 Å². The number of carbonyl (C=O) groups is 2. The van der Waals surface area contributed by atoms with E-state index in [1.165, 1.54) is 17.7 Å². The number of hydrazine groups is 1. The Balaban J connectivity index is 0.000000204. The number of para-hydroxylation sites is 5. The van der Waals surface area contributed by atoms with Crippen LogP contribution in [0.2, 0.25) is 5.02 Å². The van der Waals surface area contributed by atoms with Crippen molar-refractivity contribution in [3.05, 3.63) is 179 Å². The summed E-state index contributed by atoms with van der Waals surface area (Å²) >= 11 is 6.14. The molecule has 0 spiro atoms. The molecule has 0 fully saturated rings. The van der Waals surface area contributed by atoms with E-state index in [-0.39, 0.29) is 29.1 Å². The van der Waals surface area contributed by atoms with E-state index in [1.807, 2.05) is 118 Å². The Morgan fingerprint density at radius 3 is 1.85 bits per heavy atom. The third kappa shape index (κ3) is 14.3. The maximum atomic E-state index is 13.3. The van der Waals surface area contributed by atoms with Crippen LogP contribution in [0.1, 0.15) is 107 Å². The van der Waals surface area contributed by atoms with Gasteiger partial charge in [-0.1, -0.05) is 164 Å². The Morgan fingerprint density at radius 2 is 1.23 bits per heavy atom. The molecule has 1 atom stereocenters. The van der Waals surface area contributed by atoms with Crippen LogP contribution in [0.4, 0.5) is 22.7 Å². The number of rotatable bonds is 14. The number of benzene rings is 6. The number of nitrogens with one attached hydrogen (secondary N) is 2. The molecule has 0 saturated carbocycles. The van der Waals surface area contributed by atoms with Gasteiger partial charge in [-0.3, -0.25) is 10.2 Å². The van der Waals surface area contributed by atoms with Gasteiger partial charge >= 0.3 is 5.97 Å². The van der Waals surface area contributed by atoms with Crippen LogP contribution in [0.15, 0.2) is 152 Å². The van der Waals surface area contributed by atoms with Gasteiger partial charge in [-0.25, -0.2) is 9.80 Å². The number of ether oxygens (including phenoxy) is 1. The number of hydrogen-bond donors (Lipinski definition) is 3. The number of phenols is 1. The first-order valence-electron chi connectivity index (χ1n) is 21.2. The summed E-state index contributed by atoms with van der Waals surface area (Å²) in [5, 5.41) is 15.6. The quantitative estimate of drug-likeness (QED) is 0.0575. The lowest BCUT2D eigenvalue weighted by Crippen LogP contribution is -2.42. The number of anilines is 4. The van der Waals surface area contributed by atoms with Crippen molar-refractivity contribution in [1.82, 2.24) is 0 Å². The summed E-state index contributed by atoms with van der Waals surface area (Å²) in [6.45, 7) is 16.9. The molecular formula is C53H62ClN3O4. The fourth-order valence-electron chi connectivity index (χ4n) is 6.65. The van der Waals surface area contributed by atoms with Gasteiger partial charge in [-0.2, -0.15) is 0 Å². The van der Waals surface area contributed by atoms with Crippen molar-refractivity contribution < 1.29 is 19.4 Å². The predicted molar refractivity (Wildman–Crippen MR) is 255 cm³/mol. The van der Waals surface area contributed by atoms with Crippen LogP contribution >= 0.6 is 11.6 Å². The number of unbranched alkanes of at least 4 members (excludes halogenated alkanes) is 1. The summed E-state index contributed by atoms with van der Waals surface area (Å²) in [5.41, 5.74) is 10.8. The molecule has 0 aromatic heterocycles. The highest BCUT2D eigenvalue weighted by Gasteiger charge is 2.28. The van der Waals surface area contributed by atoms with E-state index in [2.05, 4.69) is 69.6 Å². The van der Waals surface area contributed by atoms with Crippen molar-refractivity contribution in [3.63, 3.8) is 0 Å². The molecule has 0 radical (unpaired) electrons. The fraction of sp³-hybridized carbons (Fsp3) is 0.283. The molecule has 0 aliphatic heterocycles. The van der Waals surface area contributed by atoms with Crippen LogP contribution in [-0.4, -0.2) is 17.0 Å². The molecule has 0 bridgehead atoms. The molecule has 0 aliphatic carbocycles. The molecule has 1 amide bonds. The number of amides is 1. The van der Waals surface area contributed by atoms with Crippen LogP contribution in [0.25, 0.3) is 0 Å². The van der Waals surface area contributed by atoms with Gasteiger partial charge in [0.2, 0.25) is 5.91 Å². The number of carbonyl (C=O) groups excluding carboxylic acids is 2.